The van der Waals surface area contributed by atoms with Crippen LogP contribution in [0.15, 0.2) is 113 Å². The number of likely N-dealkylation sites (N-methyl/N-ethyl adjacent to an activating group) is 4. The van der Waals surface area contributed by atoms with Crippen LogP contribution in [-0.2, 0) is 58.2 Å². The number of aromatic nitrogens is 3. The van der Waals surface area contributed by atoms with Gasteiger partial charge in [-0.15, -0.1) is 0 Å². The van der Waals surface area contributed by atoms with Crippen molar-refractivity contribution in [1.29, 1.82) is 0 Å². The van der Waals surface area contributed by atoms with Gasteiger partial charge in [-0.3, -0.25) is 9.88 Å². The second kappa shape index (κ2) is 53.7. The number of nitrogens with zero attached hydrogens (tertiary/aromatic N) is 8. The molecule has 6 aliphatic heterocycles. The van der Waals surface area contributed by atoms with Crippen molar-refractivity contribution in [3.8, 4) is 0 Å². The number of hydrogen-bond acceptors (Lipinski definition) is 17. The van der Waals surface area contributed by atoms with Crippen molar-refractivity contribution >= 4 is 0 Å². The standard InChI is InChI=1S/C10H20O2.C10H16O2.C9H13N.C7H9NO.C6H14N2.C6H13N.C6H12O2.C6H8O2.C5H11NO.C4H6N2/c2*1-3-4-6-9(11-2)10-7-5-8-12-10;1-10-7-6-8-4-2-3-5-9(8)10;1-9-6-7-4-2-3-5-8-7;1-7-3-5-8(2)6-4-7;1-7-5-3-2-4-6-7;2*1-7-5-6-3-2-4-8-6;1-6-2-4-7-5-3-6;1-6-3-2-5-4-6/h9-10H,3-8H2,1-2H3;5,7-9H,3-4,6H2,1-2H3;2-5,8-9H,6-7H2,1H3;2-5H,6H2,1H3;3-6H2,1-2H3;2-6H2,1H3;6H,2-5H2,1H3;2-4H,5H2,1H3;2-5H2,1H3;2-4H,1H3. The number of fused-ring (bicyclic) bond motifs is 1. The molecule has 0 bridgehead atoms. The highest BCUT2D eigenvalue weighted by atomic mass is 16.5. The minimum atomic E-state index is 0.139. The van der Waals surface area contributed by atoms with E-state index in [-0.39, 0.29) is 6.10 Å². The zero-order valence-electron chi connectivity index (χ0n) is 56.7. The lowest BCUT2D eigenvalue weighted by Gasteiger charge is -2.28. The minimum absolute atomic E-state index is 0.139. The van der Waals surface area contributed by atoms with Gasteiger partial charge in [-0.25, -0.2) is 4.98 Å². The predicted octanol–water partition coefficient (Wildman–Crippen LogP) is 11.8. The molecule has 0 radical (unpaired) electrons. The van der Waals surface area contributed by atoms with E-state index in [2.05, 4.69) is 108 Å². The molecule has 18 heteroatoms. The van der Waals surface area contributed by atoms with E-state index in [0.717, 1.165) is 82.1 Å². The number of morpholine rings is 1. The summed E-state index contributed by atoms with van der Waals surface area (Å²) in [5, 5.41) is 0. The molecule has 0 spiro atoms. The minimum Gasteiger partial charge on any atom is -0.467 e. The van der Waals surface area contributed by atoms with Gasteiger partial charge in [0.25, 0.3) is 0 Å². The van der Waals surface area contributed by atoms with E-state index in [0.29, 0.717) is 37.6 Å². The van der Waals surface area contributed by atoms with Crippen LogP contribution >= 0.6 is 0 Å². The van der Waals surface area contributed by atoms with Gasteiger partial charge in [0, 0.05) is 120 Å². The average molecular weight is 1220 g/mol. The summed E-state index contributed by atoms with van der Waals surface area (Å²) >= 11 is 0. The third-order valence-corrected chi connectivity index (χ3v) is 15.5. The molecule has 4 aromatic heterocycles. The Morgan fingerprint density at radius 1 is 0.575 bits per heavy atom. The lowest BCUT2D eigenvalue weighted by Crippen LogP contribution is -2.42. The van der Waals surface area contributed by atoms with Crippen molar-refractivity contribution in [2.24, 2.45) is 13.0 Å². The van der Waals surface area contributed by atoms with Crippen molar-refractivity contribution in [2.75, 3.05) is 163 Å². The molecule has 6 fully saturated rings. The second-order valence-electron chi connectivity index (χ2n) is 23.0. The number of piperidine rings is 1. The molecule has 18 nitrogen and oxygen atoms in total. The van der Waals surface area contributed by atoms with Crippen LogP contribution in [0, 0.1) is 5.92 Å². The lowest BCUT2D eigenvalue weighted by atomic mass is 9.96. The molecule has 1 aliphatic carbocycles. The van der Waals surface area contributed by atoms with E-state index < -0.39 is 0 Å². The number of unbranched alkanes of at least 4 members (excludes halogenated alkanes) is 2. The SMILES string of the molecule is CCCCC(OC)C1CCCO1.CCCCC(OC)c1ccco1.CN1CCC2C=CC=CC21.CN1CCCCC1.CN1CCN(C)CC1.CN1CCOCC1.COCC1CCCO1.COCc1ccccn1.COCc1ccco1.Cn1ccnc1. The number of hydrogen-bond donors (Lipinski definition) is 0. The Morgan fingerprint density at radius 3 is 1.68 bits per heavy atom. The Labute approximate surface area is 528 Å². The summed E-state index contributed by atoms with van der Waals surface area (Å²) in [6, 6.07) is 14.0. The number of piperazine rings is 1. The van der Waals surface area contributed by atoms with Crippen LogP contribution in [0.1, 0.15) is 127 Å². The van der Waals surface area contributed by atoms with E-state index in [1.54, 1.807) is 66.8 Å². The third kappa shape index (κ3) is 40.3. The molecule has 6 unspecified atom stereocenters. The van der Waals surface area contributed by atoms with E-state index in [1.807, 2.05) is 60.3 Å². The van der Waals surface area contributed by atoms with Gasteiger partial charge in [-0.1, -0.05) is 76.3 Å². The van der Waals surface area contributed by atoms with Crippen molar-refractivity contribution < 1.29 is 46.7 Å². The molecule has 4 aromatic rings. The van der Waals surface area contributed by atoms with E-state index in [9.17, 15) is 0 Å². The van der Waals surface area contributed by atoms with Gasteiger partial charge in [0.15, 0.2) is 0 Å². The molecule has 0 amide bonds. The Bertz CT molecular complexity index is 2050. The normalized spacial score (nSPS) is 21.4. The van der Waals surface area contributed by atoms with Gasteiger partial charge in [-0.2, -0.15) is 0 Å². The van der Waals surface area contributed by atoms with Crippen LogP contribution in [0.4, 0.5) is 0 Å². The number of pyridine rings is 1. The van der Waals surface area contributed by atoms with Crippen LogP contribution in [0.5, 0.6) is 0 Å². The van der Waals surface area contributed by atoms with Crippen LogP contribution in [0.25, 0.3) is 0 Å². The summed E-state index contributed by atoms with van der Waals surface area (Å²) in [5.74, 6) is 2.61. The number of imidazole rings is 1. The molecule has 0 saturated carbocycles. The molecule has 6 atom stereocenters. The van der Waals surface area contributed by atoms with Crippen molar-refractivity contribution in [1.82, 2.24) is 39.0 Å². The van der Waals surface area contributed by atoms with E-state index in [1.165, 1.54) is 123 Å². The van der Waals surface area contributed by atoms with Gasteiger partial charge in [-0.05, 0) is 155 Å². The number of aryl methyl sites for hydroxylation is 1. The van der Waals surface area contributed by atoms with Gasteiger partial charge in [0.1, 0.15) is 24.2 Å². The Kier molecular flexibility index (Phi) is 48.7. The monoisotopic (exact) mass is 1220 g/mol. The summed E-state index contributed by atoms with van der Waals surface area (Å²) in [6.07, 6.45) is 38.1. The van der Waals surface area contributed by atoms with Gasteiger partial charge < -0.3 is 70.9 Å². The first-order valence-corrected chi connectivity index (χ1v) is 32.4. The fraction of sp³-hybridized carbons (Fsp3) is 0.710. The van der Waals surface area contributed by atoms with Crippen LogP contribution in [0.2, 0.25) is 0 Å². The molecule has 498 valence electrons. The zero-order chi connectivity index (χ0) is 63.4. The highest BCUT2D eigenvalue weighted by Gasteiger charge is 2.28. The maximum Gasteiger partial charge on any atom is 0.132 e. The van der Waals surface area contributed by atoms with Gasteiger partial charge >= 0.3 is 0 Å². The molecule has 6 saturated heterocycles. The van der Waals surface area contributed by atoms with E-state index >= 15 is 0 Å². The van der Waals surface area contributed by atoms with E-state index in [4.69, 9.17) is 46.7 Å². The first-order chi connectivity index (χ1) is 42.4. The molecule has 0 aromatic carbocycles. The summed E-state index contributed by atoms with van der Waals surface area (Å²) < 4.78 is 53.3. The van der Waals surface area contributed by atoms with Crippen molar-refractivity contribution in [3.05, 3.63) is 121 Å². The quantitative estimate of drug-likeness (QED) is 0.105. The van der Waals surface area contributed by atoms with Crippen LogP contribution in [0.3, 0.4) is 0 Å². The first kappa shape index (κ1) is 79.0. The molecular weight excluding hydrogens is 1100 g/mol. The average Bonchev–Trinajstić information content (AvgIpc) is 4.52. The first-order valence-electron chi connectivity index (χ1n) is 32.4. The van der Waals surface area contributed by atoms with Gasteiger partial charge in [0.05, 0.1) is 69.3 Å². The maximum atomic E-state index is 5.58. The fourth-order valence-corrected chi connectivity index (χ4v) is 9.95. The molecule has 87 heavy (non-hydrogen) atoms. The molecule has 7 aliphatic rings. The highest BCUT2D eigenvalue weighted by molar-refractivity contribution is 5.19. The summed E-state index contributed by atoms with van der Waals surface area (Å²) in [6.45, 7) is 21.0. The van der Waals surface area contributed by atoms with Crippen LogP contribution < -0.4 is 0 Å². The van der Waals surface area contributed by atoms with Crippen LogP contribution in [-0.4, -0.2) is 226 Å². The predicted molar refractivity (Wildman–Crippen MR) is 353 cm³/mol. The topological polar surface area (TPSA) is 147 Å². The van der Waals surface area contributed by atoms with Crippen molar-refractivity contribution in [2.45, 2.75) is 147 Å². The number of allylic oxidation sites excluding steroid dienone is 2. The van der Waals surface area contributed by atoms with Crippen molar-refractivity contribution in [3.63, 3.8) is 0 Å². The second-order valence-corrected chi connectivity index (χ2v) is 23.0. The smallest absolute Gasteiger partial charge is 0.132 e. The Morgan fingerprint density at radius 2 is 1.22 bits per heavy atom. The lowest BCUT2D eigenvalue weighted by molar-refractivity contribution is -0.0312. The molecule has 11 rings (SSSR count). The third-order valence-electron chi connectivity index (χ3n) is 15.5. The number of ether oxygens (including phenoxy) is 8. The molecular formula is C69H122N8O10. The largest absolute Gasteiger partial charge is 0.467 e. The zero-order valence-corrected chi connectivity index (χ0v) is 56.7. The fourth-order valence-electron chi connectivity index (χ4n) is 9.95. The number of furan rings is 2. The highest BCUT2D eigenvalue weighted by Crippen LogP contribution is 2.27. The number of methoxy groups -OCH3 is 5. The Balaban J connectivity index is 0.000000332. The summed E-state index contributed by atoms with van der Waals surface area (Å²) in [4.78, 5) is 19.6. The summed E-state index contributed by atoms with van der Waals surface area (Å²) in [5.41, 5.74) is 0.972. The maximum absolute atomic E-state index is 5.58. The molecule has 0 N–H and O–H groups in total. The number of likely N-dealkylation sites (tertiary alicyclic amines) is 2. The summed E-state index contributed by atoms with van der Waals surface area (Å²) in [7, 11) is 21.3. The number of rotatable bonds is 16. The molecule has 10 heterocycles. The van der Waals surface area contributed by atoms with Gasteiger partial charge in [0.2, 0.25) is 0 Å². The Hall–Kier alpha value is -4.12.